The van der Waals surface area contributed by atoms with E-state index in [1.54, 1.807) is 0 Å². The highest BCUT2D eigenvalue weighted by Gasteiger charge is 2.29. The quantitative estimate of drug-likeness (QED) is 0.0511. The number of esters is 2. The van der Waals surface area contributed by atoms with Crippen LogP contribution in [0, 0.1) is 16.7 Å². The van der Waals surface area contributed by atoms with Crippen LogP contribution in [0.4, 0.5) is 0 Å². The number of ether oxygens (including phenoxy) is 2. The molecule has 0 aliphatic heterocycles. The predicted molar refractivity (Wildman–Crippen MR) is 214 cm³/mol. The number of hydrogen-bond donors (Lipinski definition) is 1. The zero-order chi connectivity index (χ0) is 37.4. The van der Waals surface area contributed by atoms with Gasteiger partial charge in [0.2, 0.25) is 0 Å². The molecule has 0 spiro atoms. The smallest absolute Gasteiger partial charge is 0.311 e. The molecule has 1 N–H and O–H groups in total. The maximum absolute atomic E-state index is 12.8. The molecule has 298 valence electrons. The third-order valence-electron chi connectivity index (χ3n) is 10.7. The Balaban J connectivity index is 4.05. The minimum absolute atomic E-state index is 0.0394. The summed E-state index contributed by atoms with van der Waals surface area (Å²) >= 11 is 0. The standard InChI is InChI=1S/C44H87NO5/c1-8-11-14-15-16-21-27-38-49-41(47)43(4,5)32-23-17-19-25-34-45(36-37-46)35-26-20-18-24-33-44(6,7)42(48)50-39-28-22-31-40(29-12-9-2)30-13-10-3/h40,46H,8-39H2,1-7H3. The maximum Gasteiger partial charge on any atom is 0.311 e. The number of carbonyl (C=O) groups excluding carboxylic acids is 2. The number of aliphatic hydroxyl groups is 1. The molecule has 0 fully saturated rings. The Kier molecular flexibility index (Phi) is 31.8. The lowest BCUT2D eigenvalue weighted by molar-refractivity contribution is -0.155. The SMILES string of the molecule is CCCCCCCCCOC(=O)C(C)(C)CCCCCCN(CCO)CCCCCCC(C)(C)C(=O)OCCCCC(CCCC)CCCC. The molecular weight excluding hydrogens is 622 g/mol. The van der Waals surface area contributed by atoms with Crippen molar-refractivity contribution >= 4 is 11.9 Å². The van der Waals surface area contributed by atoms with Gasteiger partial charge in [-0.2, -0.15) is 0 Å². The van der Waals surface area contributed by atoms with E-state index in [4.69, 9.17) is 9.47 Å². The summed E-state index contributed by atoms with van der Waals surface area (Å²) in [5.74, 6) is 0.757. The topological polar surface area (TPSA) is 76.1 Å². The van der Waals surface area contributed by atoms with Gasteiger partial charge in [-0.05, 0) is 91.6 Å². The van der Waals surface area contributed by atoms with Crippen LogP contribution >= 0.6 is 0 Å². The highest BCUT2D eigenvalue weighted by Crippen LogP contribution is 2.28. The van der Waals surface area contributed by atoms with Crippen LogP contribution in [0.25, 0.3) is 0 Å². The van der Waals surface area contributed by atoms with Crippen LogP contribution in [-0.4, -0.2) is 61.4 Å². The van der Waals surface area contributed by atoms with Gasteiger partial charge in [0.15, 0.2) is 0 Å². The van der Waals surface area contributed by atoms with Gasteiger partial charge in [-0.1, -0.05) is 143 Å². The van der Waals surface area contributed by atoms with Crippen molar-refractivity contribution < 1.29 is 24.2 Å². The van der Waals surface area contributed by atoms with E-state index in [0.717, 1.165) is 115 Å². The van der Waals surface area contributed by atoms with Crippen LogP contribution in [0.2, 0.25) is 0 Å². The van der Waals surface area contributed by atoms with Gasteiger partial charge >= 0.3 is 11.9 Å². The normalized spacial score (nSPS) is 12.3. The van der Waals surface area contributed by atoms with Gasteiger partial charge in [-0.3, -0.25) is 9.59 Å². The molecule has 0 bridgehead atoms. The highest BCUT2D eigenvalue weighted by molar-refractivity contribution is 5.76. The first-order valence-electron chi connectivity index (χ1n) is 21.7. The van der Waals surface area contributed by atoms with E-state index in [2.05, 4.69) is 25.7 Å². The second-order valence-corrected chi connectivity index (χ2v) is 16.7. The molecule has 0 aromatic rings. The van der Waals surface area contributed by atoms with E-state index >= 15 is 0 Å². The molecule has 0 saturated carbocycles. The monoisotopic (exact) mass is 710 g/mol. The lowest BCUT2D eigenvalue weighted by Gasteiger charge is -2.23. The van der Waals surface area contributed by atoms with Crippen molar-refractivity contribution in [1.29, 1.82) is 0 Å². The molecule has 0 saturated heterocycles. The van der Waals surface area contributed by atoms with Gasteiger partial charge in [0.1, 0.15) is 0 Å². The number of carbonyl (C=O) groups is 2. The Morgan fingerprint density at radius 1 is 0.500 bits per heavy atom. The van der Waals surface area contributed by atoms with Crippen molar-refractivity contribution in [2.24, 2.45) is 16.7 Å². The zero-order valence-corrected chi connectivity index (χ0v) is 34.7. The van der Waals surface area contributed by atoms with Crippen molar-refractivity contribution in [2.75, 3.05) is 39.5 Å². The molecule has 0 aliphatic carbocycles. The summed E-state index contributed by atoms with van der Waals surface area (Å²) in [4.78, 5) is 27.8. The average molecular weight is 710 g/mol. The predicted octanol–water partition coefficient (Wildman–Crippen LogP) is 12.2. The summed E-state index contributed by atoms with van der Waals surface area (Å²) in [6.07, 6.45) is 30.5. The molecule has 0 heterocycles. The number of unbranched alkanes of at least 4 members (excludes halogenated alkanes) is 15. The molecule has 0 amide bonds. The Labute approximate surface area is 312 Å². The Hall–Kier alpha value is -1.14. The maximum atomic E-state index is 12.8. The zero-order valence-electron chi connectivity index (χ0n) is 34.7. The lowest BCUT2D eigenvalue weighted by atomic mass is 9.87. The molecule has 0 rings (SSSR count). The van der Waals surface area contributed by atoms with E-state index < -0.39 is 10.8 Å². The van der Waals surface area contributed by atoms with Crippen LogP contribution in [0.15, 0.2) is 0 Å². The van der Waals surface area contributed by atoms with Crippen molar-refractivity contribution in [1.82, 2.24) is 4.90 Å². The van der Waals surface area contributed by atoms with Crippen LogP contribution < -0.4 is 0 Å². The fourth-order valence-corrected chi connectivity index (χ4v) is 6.93. The molecule has 50 heavy (non-hydrogen) atoms. The first-order chi connectivity index (χ1) is 24.0. The second kappa shape index (κ2) is 32.5. The number of hydrogen-bond acceptors (Lipinski definition) is 6. The van der Waals surface area contributed by atoms with E-state index in [0.29, 0.717) is 13.2 Å². The first-order valence-corrected chi connectivity index (χ1v) is 21.7. The van der Waals surface area contributed by atoms with Crippen molar-refractivity contribution in [3.05, 3.63) is 0 Å². The molecule has 0 aromatic carbocycles. The summed E-state index contributed by atoms with van der Waals surface area (Å²) in [6.45, 7) is 19.0. The third kappa shape index (κ3) is 27.5. The number of rotatable bonds is 37. The van der Waals surface area contributed by atoms with Gasteiger partial charge in [0.05, 0.1) is 30.7 Å². The molecule has 0 atom stereocenters. The molecule has 6 heteroatoms. The first kappa shape index (κ1) is 48.9. The van der Waals surface area contributed by atoms with E-state index in [-0.39, 0.29) is 18.5 Å². The van der Waals surface area contributed by atoms with Crippen LogP contribution in [0.5, 0.6) is 0 Å². The number of aliphatic hydroxyl groups excluding tert-OH is 1. The van der Waals surface area contributed by atoms with Crippen molar-refractivity contribution in [2.45, 2.75) is 215 Å². The Morgan fingerprint density at radius 3 is 1.34 bits per heavy atom. The molecular formula is C44H87NO5. The molecule has 0 aliphatic rings. The summed E-state index contributed by atoms with van der Waals surface area (Å²) in [5.41, 5.74) is -0.832. The second-order valence-electron chi connectivity index (χ2n) is 16.7. The van der Waals surface area contributed by atoms with Crippen LogP contribution in [0.1, 0.15) is 215 Å². The molecule has 6 nitrogen and oxygen atoms in total. The fourth-order valence-electron chi connectivity index (χ4n) is 6.93. The largest absolute Gasteiger partial charge is 0.465 e. The van der Waals surface area contributed by atoms with E-state index in [1.807, 2.05) is 27.7 Å². The van der Waals surface area contributed by atoms with Gasteiger partial charge in [0, 0.05) is 6.54 Å². The molecule has 0 radical (unpaired) electrons. The molecule has 0 unspecified atom stereocenters. The highest BCUT2D eigenvalue weighted by atomic mass is 16.5. The minimum atomic E-state index is -0.420. The van der Waals surface area contributed by atoms with Crippen LogP contribution in [-0.2, 0) is 19.1 Å². The van der Waals surface area contributed by atoms with E-state index in [9.17, 15) is 14.7 Å². The summed E-state index contributed by atoms with van der Waals surface area (Å²) in [7, 11) is 0. The van der Waals surface area contributed by atoms with E-state index in [1.165, 1.54) is 77.0 Å². The summed E-state index contributed by atoms with van der Waals surface area (Å²) in [5, 5.41) is 9.59. The summed E-state index contributed by atoms with van der Waals surface area (Å²) in [6, 6.07) is 0. The van der Waals surface area contributed by atoms with Gasteiger partial charge in [-0.25, -0.2) is 0 Å². The number of nitrogens with zero attached hydrogens (tertiary/aromatic N) is 1. The average Bonchev–Trinajstić information content (AvgIpc) is 3.09. The third-order valence-corrected chi connectivity index (χ3v) is 10.7. The fraction of sp³-hybridized carbons (Fsp3) is 0.955. The Morgan fingerprint density at radius 2 is 0.880 bits per heavy atom. The van der Waals surface area contributed by atoms with Crippen LogP contribution in [0.3, 0.4) is 0 Å². The van der Waals surface area contributed by atoms with Crippen molar-refractivity contribution in [3.8, 4) is 0 Å². The lowest BCUT2D eigenvalue weighted by Crippen LogP contribution is -2.29. The van der Waals surface area contributed by atoms with Gasteiger partial charge < -0.3 is 19.5 Å². The van der Waals surface area contributed by atoms with Gasteiger partial charge in [-0.15, -0.1) is 0 Å². The van der Waals surface area contributed by atoms with Gasteiger partial charge in [0.25, 0.3) is 0 Å². The Bertz CT molecular complexity index is 774. The summed E-state index contributed by atoms with van der Waals surface area (Å²) < 4.78 is 11.3. The molecule has 0 aromatic heterocycles. The van der Waals surface area contributed by atoms with Crippen molar-refractivity contribution in [3.63, 3.8) is 0 Å². The minimum Gasteiger partial charge on any atom is -0.465 e.